The van der Waals surface area contributed by atoms with E-state index in [0.717, 1.165) is 5.56 Å². The van der Waals surface area contributed by atoms with Crippen molar-refractivity contribution in [1.82, 2.24) is 9.78 Å². The lowest BCUT2D eigenvalue weighted by molar-refractivity contribution is 0.0462. The molecule has 0 aliphatic heterocycles. The van der Waals surface area contributed by atoms with Gasteiger partial charge in [-0.1, -0.05) is 41.9 Å². The van der Waals surface area contributed by atoms with E-state index in [0.29, 0.717) is 30.3 Å². The Kier molecular flexibility index (Phi) is 4.81. The normalized spacial score (nSPS) is 14.2. The second-order valence-corrected chi connectivity index (χ2v) is 5.40. The minimum atomic E-state index is -1.08. The Balaban J connectivity index is 2.26. The van der Waals surface area contributed by atoms with Crippen molar-refractivity contribution in [3.63, 3.8) is 0 Å². The van der Waals surface area contributed by atoms with E-state index in [9.17, 15) is 5.11 Å². The molecule has 0 aliphatic rings. The third-order valence-electron chi connectivity index (χ3n) is 3.20. The van der Waals surface area contributed by atoms with Crippen molar-refractivity contribution >= 4 is 11.6 Å². The first kappa shape index (κ1) is 15.0. The largest absolute Gasteiger partial charge is 0.383 e. The molecule has 2 rings (SSSR count). The average molecular weight is 295 g/mol. The molecule has 1 unspecified atom stereocenters. The number of halogens is 1. The van der Waals surface area contributed by atoms with Gasteiger partial charge in [-0.05, 0) is 12.5 Å². The van der Waals surface area contributed by atoms with Crippen LogP contribution in [-0.4, -0.2) is 28.6 Å². The second kappa shape index (κ2) is 6.39. The van der Waals surface area contributed by atoms with E-state index in [1.54, 1.807) is 24.9 Å². The average Bonchev–Trinajstić information content (AvgIpc) is 2.79. The molecule has 0 aliphatic carbocycles. The van der Waals surface area contributed by atoms with Gasteiger partial charge in [-0.2, -0.15) is 5.10 Å². The molecule has 0 saturated heterocycles. The van der Waals surface area contributed by atoms with Crippen LogP contribution in [0.25, 0.3) is 0 Å². The molecule has 1 aromatic carbocycles. The van der Waals surface area contributed by atoms with E-state index in [1.165, 1.54) is 0 Å². The third kappa shape index (κ3) is 3.39. The van der Waals surface area contributed by atoms with Gasteiger partial charge in [0.05, 0.1) is 30.1 Å². The highest BCUT2D eigenvalue weighted by Gasteiger charge is 2.30. The summed E-state index contributed by atoms with van der Waals surface area (Å²) >= 11 is 6.19. The van der Waals surface area contributed by atoms with Crippen LogP contribution in [0.1, 0.15) is 18.2 Å². The van der Waals surface area contributed by atoms with Crippen molar-refractivity contribution < 1.29 is 9.84 Å². The first-order valence-corrected chi connectivity index (χ1v) is 6.89. The Bertz CT molecular complexity index is 552. The zero-order chi connectivity index (χ0) is 14.6. The lowest BCUT2D eigenvalue weighted by atomic mass is 9.93. The van der Waals surface area contributed by atoms with Crippen molar-refractivity contribution in [2.75, 3.05) is 13.7 Å². The zero-order valence-electron chi connectivity index (χ0n) is 11.7. The van der Waals surface area contributed by atoms with E-state index in [4.69, 9.17) is 16.3 Å². The summed E-state index contributed by atoms with van der Waals surface area (Å²) in [4.78, 5) is 0. The van der Waals surface area contributed by atoms with Crippen LogP contribution < -0.4 is 0 Å². The zero-order valence-corrected chi connectivity index (χ0v) is 12.5. The van der Waals surface area contributed by atoms with Crippen LogP contribution in [0.4, 0.5) is 0 Å². The summed E-state index contributed by atoms with van der Waals surface area (Å²) in [7, 11) is 1.63. The van der Waals surface area contributed by atoms with Crippen molar-refractivity contribution in [1.29, 1.82) is 0 Å². The summed E-state index contributed by atoms with van der Waals surface area (Å²) in [6.45, 7) is 2.84. The monoisotopic (exact) mass is 294 g/mol. The number of aliphatic hydroxyl groups is 1. The minimum absolute atomic E-state index is 0.474. The predicted molar refractivity (Wildman–Crippen MR) is 78.8 cm³/mol. The lowest BCUT2D eigenvalue weighted by Gasteiger charge is -2.25. The van der Waals surface area contributed by atoms with Crippen LogP contribution in [0.15, 0.2) is 36.5 Å². The van der Waals surface area contributed by atoms with Gasteiger partial charge in [-0.3, -0.25) is 4.68 Å². The van der Waals surface area contributed by atoms with Gasteiger partial charge in [0.2, 0.25) is 0 Å². The lowest BCUT2D eigenvalue weighted by Crippen LogP contribution is -2.29. The minimum Gasteiger partial charge on any atom is -0.383 e. The number of benzene rings is 1. The standard InChI is InChI=1S/C15H19ClN2O2/c1-15(19,10-12-6-4-3-5-7-12)14-13(16)11-17-18(14)8-9-20-2/h3-7,11,19H,8-10H2,1-2H3. The molecule has 20 heavy (non-hydrogen) atoms. The molecular weight excluding hydrogens is 276 g/mol. The maximum absolute atomic E-state index is 10.8. The highest BCUT2D eigenvalue weighted by molar-refractivity contribution is 6.31. The van der Waals surface area contributed by atoms with E-state index in [-0.39, 0.29) is 0 Å². The molecule has 0 fully saturated rings. The smallest absolute Gasteiger partial charge is 0.109 e. The van der Waals surface area contributed by atoms with Crippen LogP contribution >= 0.6 is 11.6 Å². The Hall–Kier alpha value is -1.36. The molecule has 1 heterocycles. The third-order valence-corrected chi connectivity index (χ3v) is 3.48. The molecule has 0 spiro atoms. The molecule has 108 valence electrons. The van der Waals surface area contributed by atoms with E-state index >= 15 is 0 Å². The maximum Gasteiger partial charge on any atom is 0.109 e. The van der Waals surface area contributed by atoms with Crippen molar-refractivity contribution in [3.05, 3.63) is 52.8 Å². The molecule has 0 amide bonds. The fourth-order valence-electron chi connectivity index (χ4n) is 2.32. The Morgan fingerprint density at radius 1 is 1.35 bits per heavy atom. The van der Waals surface area contributed by atoms with Gasteiger partial charge < -0.3 is 9.84 Å². The van der Waals surface area contributed by atoms with E-state index in [1.807, 2.05) is 30.3 Å². The number of hydrogen-bond acceptors (Lipinski definition) is 3. The molecule has 1 aromatic heterocycles. The van der Waals surface area contributed by atoms with Crippen LogP contribution in [0, 0.1) is 0 Å². The van der Waals surface area contributed by atoms with Gasteiger partial charge >= 0.3 is 0 Å². The molecule has 1 atom stereocenters. The summed E-state index contributed by atoms with van der Waals surface area (Å²) in [6, 6.07) is 9.83. The number of aromatic nitrogens is 2. The van der Waals surface area contributed by atoms with Gasteiger partial charge in [0, 0.05) is 13.5 Å². The topological polar surface area (TPSA) is 47.3 Å². The fourth-order valence-corrected chi connectivity index (χ4v) is 2.67. The first-order valence-electron chi connectivity index (χ1n) is 6.51. The molecule has 5 heteroatoms. The van der Waals surface area contributed by atoms with Crippen molar-refractivity contribution in [3.8, 4) is 0 Å². The molecule has 0 radical (unpaired) electrons. The predicted octanol–water partition coefficient (Wildman–Crippen LogP) is 2.63. The molecule has 1 N–H and O–H groups in total. The number of hydrogen-bond donors (Lipinski definition) is 1. The van der Waals surface area contributed by atoms with Gasteiger partial charge in [-0.15, -0.1) is 0 Å². The second-order valence-electron chi connectivity index (χ2n) is 4.99. The van der Waals surface area contributed by atoms with Crippen molar-refractivity contribution in [2.45, 2.75) is 25.5 Å². The van der Waals surface area contributed by atoms with Crippen LogP contribution in [-0.2, 0) is 23.3 Å². The molecule has 0 bridgehead atoms. The maximum atomic E-state index is 10.8. The van der Waals surface area contributed by atoms with Gasteiger partial charge in [0.25, 0.3) is 0 Å². The van der Waals surface area contributed by atoms with E-state index < -0.39 is 5.60 Å². The Morgan fingerprint density at radius 2 is 2.05 bits per heavy atom. The summed E-state index contributed by atoms with van der Waals surface area (Å²) in [6.07, 6.45) is 2.04. The van der Waals surface area contributed by atoms with Gasteiger partial charge in [0.1, 0.15) is 5.60 Å². The molecular formula is C15H19ClN2O2. The number of methoxy groups -OCH3 is 1. The highest BCUT2D eigenvalue weighted by Crippen LogP contribution is 2.31. The summed E-state index contributed by atoms with van der Waals surface area (Å²) in [5, 5.41) is 15.5. The van der Waals surface area contributed by atoms with E-state index in [2.05, 4.69) is 5.10 Å². The van der Waals surface area contributed by atoms with Crippen LogP contribution in [0.5, 0.6) is 0 Å². The summed E-state index contributed by atoms with van der Waals surface area (Å²) < 4.78 is 6.76. The van der Waals surface area contributed by atoms with Crippen LogP contribution in [0.2, 0.25) is 5.02 Å². The fraction of sp³-hybridized carbons (Fsp3) is 0.400. The molecule has 2 aromatic rings. The summed E-state index contributed by atoms with van der Waals surface area (Å²) in [5.74, 6) is 0. The first-order chi connectivity index (χ1) is 9.54. The quantitative estimate of drug-likeness (QED) is 0.891. The Morgan fingerprint density at radius 3 is 2.70 bits per heavy atom. The van der Waals surface area contributed by atoms with Crippen LogP contribution in [0.3, 0.4) is 0 Å². The SMILES string of the molecule is COCCn1ncc(Cl)c1C(C)(O)Cc1ccccc1. The summed E-state index contributed by atoms with van der Waals surface area (Å²) in [5.41, 5.74) is 0.594. The number of rotatable bonds is 6. The highest BCUT2D eigenvalue weighted by atomic mass is 35.5. The molecule has 4 nitrogen and oxygen atoms in total. The Labute approximate surface area is 123 Å². The number of ether oxygens (including phenoxy) is 1. The number of nitrogens with zero attached hydrogens (tertiary/aromatic N) is 2. The molecule has 0 saturated carbocycles. The van der Waals surface area contributed by atoms with Crippen molar-refractivity contribution in [2.24, 2.45) is 0 Å². The van der Waals surface area contributed by atoms with Gasteiger partial charge in [-0.25, -0.2) is 0 Å². The van der Waals surface area contributed by atoms with Gasteiger partial charge in [0.15, 0.2) is 0 Å².